The van der Waals surface area contributed by atoms with E-state index in [1.807, 2.05) is 0 Å². The third-order valence-electron chi connectivity index (χ3n) is 1.72. The van der Waals surface area contributed by atoms with Gasteiger partial charge in [-0.3, -0.25) is 4.98 Å². The predicted octanol–water partition coefficient (Wildman–Crippen LogP) is 2.21. The number of hydrogen-bond acceptors (Lipinski definition) is 3. The smallest absolute Gasteiger partial charge is 0.422 e. The van der Waals surface area contributed by atoms with Crippen LogP contribution in [0.25, 0.3) is 0 Å². The van der Waals surface area contributed by atoms with Crippen molar-refractivity contribution in [2.45, 2.75) is 19.6 Å². The van der Waals surface area contributed by atoms with E-state index in [0.29, 0.717) is 11.3 Å². The number of nitrogens with zero attached hydrogens (tertiary/aromatic N) is 1. The molecule has 0 atom stereocenters. The van der Waals surface area contributed by atoms with Gasteiger partial charge in [0.2, 0.25) is 0 Å². The van der Waals surface area contributed by atoms with E-state index in [-0.39, 0.29) is 24.7 Å². The van der Waals surface area contributed by atoms with Crippen molar-refractivity contribution in [3.8, 4) is 5.75 Å². The fourth-order valence-electron chi connectivity index (χ4n) is 1.02. The molecule has 1 rings (SSSR count). The molecule has 0 saturated heterocycles. The fourth-order valence-corrected chi connectivity index (χ4v) is 1.02. The van der Waals surface area contributed by atoms with Crippen molar-refractivity contribution in [1.29, 1.82) is 0 Å². The lowest BCUT2D eigenvalue weighted by atomic mass is 10.2. The van der Waals surface area contributed by atoms with Crippen LogP contribution in [0.3, 0.4) is 0 Å². The van der Waals surface area contributed by atoms with E-state index in [0.717, 1.165) is 0 Å². The highest BCUT2D eigenvalue weighted by molar-refractivity contribution is 5.85. The number of halogens is 4. The molecule has 1 aromatic rings. The summed E-state index contributed by atoms with van der Waals surface area (Å²) in [4.78, 5) is 3.84. The second-order valence-corrected chi connectivity index (χ2v) is 3.05. The van der Waals surface area contributed by atoms with Crippen LogP contribution >= 0.6 is 12.4 Å². The van der Waals surface area contributed by atoms with Crippen LogP contribution < -0.4 is 10.5 Å². The van der Waals surface area contributed by atoms with Gasteiger partial charge in [-0.25, -0.2) is 0 Å². The molecule has 2 N–H and O–H groups in total. The number of pyridine rings is 1. The Bertz CT molecular complexity index is 344. The second kappa shape index (κ2) is 5.91. The molecule has 0 aliphatic carbocycles. The van der Waals surface area contributed by atoms with Crippen molar-refractivity contribution >= 4 is 12.4 Å². The van der Waals surface area contributed by atoms with Gasteiger partial charge < -0.3 is 10.5 Å². The van der Waals surface area contributed by atoms with Gasteiger partial charge in [-0.05, 0) is 18.6 Å². The highest BCUT2D eigenvalue weighted by Crippen LogP contribution is 2.21. The zero-order valence-corrected chi connectivity index (χ0v) is 9.36. The first-order valence-corrected chi connectivity index (χ1v) is 4.27. The van der Waals surface area contributed by atoms with E-state index >= 15 is 0 Å². The fraction of sp³-hybridized carbons (Fsp3) is 0.444. The lowest BCUT2D eigenvalue weighted by Crippen LogP contribution is -2.19. The van der Waals surface area contributed by atoms with Crippen LogP contribution in [-0.4, -0.2) is 17.8 Å². The summed E-state index contributed by atoms with van der Waals surface area (Å²) in [6.45, 7) is 0.588. The van der Waals surface area contributed by atoms with Gasteiger partial charge in [0.05, 0.1) is 11.9 Å². The van der Waals surface area contributed by atoms with Gasteiger partial charge in [-0.15, -0.1) is 12.4 Å². The standard InChI is InChI=1S/C9H11F3N2O.ClH/c1-6-2-7(3-13)14-4-8(6)15-5-9(10,11)12;/h2,4H,3,5,13H2,1H3;1H. The number of aromatic nitrogens is 1. The van der Waals surface area contributed by atoms with Crippen molar-refractivity contribution in [1.82, 2.24) is 4.98 Å². The minimum Gasteiger partial charge on any atom is -0.482 e. The van der Waals surface area contributed by atoms with Crippen molar-refractivity contribution < 1.29 is 17.9 Å². The molecule has 0 radical (unpaired) electrons. The molecule has 3 nitrogen and oxygen atoms in total. The molecule has 7 heteroatoms. The Labute approximate surface area is 97.2 Å². The Kier molecular flexibility index (Phi) is 5.53. The van der Waals surface area contributed by atoms with E-state index < -0.39 is 12.8 Å². The average molecular weight is 257 g/mol. The van der Waals surface area contributed by atoms with Crippen LogP contribution in [0.2, 0.25) is 0 Å². The molecule has 1 heterocycles. The van der Waals surface area contributed by atoms with Crippen molar-refractivity contribution in [2.75, 3.05) is 6.61 Å². The summed E-state index contributed by atoms with van der Waals surface area (Å²) in [5, 5.41) is 0. The Morgan fingerprint density at radius 2 is 2.06 bits per heavy atom. The summed E-state index contributed by atoms with van der Waals surface area (Å²) in [6.07, 6.45) is -3.08. The largest absolute Gasteiger partial charge is 0.482 e. The van der Waals surface area contributed by atoms with Crippen molar-refractivity contribution in [3.63, 3.8) is 0 Å². The molecule has 0 aliphatic rings. The maximum absolute atomic E-state index is 11.9. The van der Waals surface area contributed by atoms with Gasteiger partial charge in [0.25, 0.3) is 0 Å². The molecular formula is C9H12ClF3N2O. The van der Waals surface area contributed by atoms with Crippen LogP contribution in [0.5, 0.6) is 5.75 Å². The first-order chi connectivity index (χ1) is 6.92. The highest BCUT2D eigenvalue weighted by Gasteiger charge is 2.28. The van der Waals surface area contributed by atoms with Crippen molar-refractivity contribution in [3.05, 3.63) is 23.5 Å². The number of aryl methyl sites for hydroxylation is 1. The Morgan fingerprint density at radius 3 is 2.50 bits per heavy atom. The van der Waals surface area contributed by atoms with E-state index in [1.54, 1.807) is 13.0 Å². The normalized spacial score (nSPS) is 10.8. The molecule has 0 unspecified atom stereocenters. The van der Waals surface area contributed by atoms with Gasteiger partial charge in [0.15, 0.2) is 6.61 Å². The first-order valence-electron chi connectivity index (χ1n) is 4.27. The first kappa shape index (κ1) is 15.0. The van der Waals surface area contributed by atoms with Gasteiger partial charge in [-0.2, -0.15) is 13.2 Å². The topological polar surface area (TPSA) is 48.1 Å². The van der Waals surface area contributed by atoms with Crippen LogP contribution in [-0.2, 0) is 6.54 Å². The van der Waals surface area contributed by atoms with Crippen LogP contribution in [0, 0.1) is 6.92 Å². The molecule has 0 fully saturated rings. The summed E-state index contributed by atoms with van der Waals surface area (Å²) in [7, 11) is 0. The summed E-state index contributed by atoms with van der Waals surface area (Å²) in [5.74, 6) is 0.129. The highest BCUT2D eigenvalue weighted by atomic mass is 35.5. The van der Waals surface area contributed by atoms with Gasteiger partial charge in [-0.1, -0.05) is 0 Å². The Balaban J connectivity index is 0.00000225. The molecule has 0 amide bonds. The molecule has 0 bridgehead atoms. The molecule has 92 valence electrons. The number of nitrogens with two attached hydrogens (primary N) is 1. The molecule has 0 aliphatic heterocycles. The number of ether oxygens (including phenoxy) is 1. The number of alkyl halides is 3. The molecule has 0 aromatic carbocycles. The lowest BCUT2D eigenvalue weighted by molar-refractivity contribution is -0.153. The van der Waals surface area contributed by atoms with Crippen LogP contribution in [0.1, 0.15) is 11.3 Å². The molecule has 0 saturated carbocycles. The lowest BCUT2D eigenvalue weighted by Gasteiger charge is -2.11. The van der Waals surface area contributed by atoms with Crippen LogP contribution in [0.4, 0.5) is 13.2 Å². The molecular weight excluding hydrogens is 245 g/mol. The zero-order valence-electron chi connectivity index (χ0n) is 8.54. The van der Waals surface area contributed by atoms with Crippen molar-refractivity contribution in [2.24, 2.45) is 5.73 Å². The summed E-state index contributed by atoms with van der Waals surface area (Å²) in [6, 6.07) is 1.60. The number of rotatable bonds is 3. The third-order valence-corrected chi connectivity index (χ3v) is 1.72. The quantitative estimate of drug-likeness (QED) is 0.902. The maximum atomic E-state index is 11.9. The summed E-state index contributed by atoms with van der Waals surface area (Å²) in [5.41, 5.74) is 6.54. The minimum atomic E-state index is -4.33. The van der Waals surface area contributed by atoms with Gasteiger partial charge in [0, 0.05) is 6.54 Å². The predicted molar refractivity (Wildman–Crippen MR) is 55.7 cm³/mol. The van der Waals surface area contributed by atoms with E-state index in [4.69, 9.17) is 5.73 Å². The molecule has 16 heavy (non-hydrogen) atoms. The maximum Gasteiger partial charge on any atom is 0.422 e. The summed E-state index contributed by atoms with van der Waals surface area (Å²) >= 11 is 0. The average Bonchev–Trinajstić information content (AvgIpc) is 2.14. The van der Waals surface area contributed by atoms with E-state index in [9.17, 15) is 13.2 Å². The van der Waals surface area contributed by atoms with E-state index in [2.05, 4.69) is 9.72 Å². The SMILES string of the molecule is Cc1cc(CN)ncc1OCC(F)(F)F.Cl. The van der Waals surface area contributed by atoms with Crippen LogP contribution in [0.15, 0.2) is 12.3 Å². The third kappa shape index (κ3) is 4.67. The molecule has 1 aromatic heterocycles. The molecule has 0 spiro atoms. The minimum absolute atomic E-state index is 0. The van der Waals surface area contributed by atoms with E-state index in [1.165, 1.54) is 6.20 Å². The zero-order chi connectivity index (χ0) is 11.5. The number of hydrogen-bond donors (Lipinski definition) is 1. The summed E-state index contributed by atoms with van der Waals surface area (Å²) < 4.78 is 40.1. The monoisotopic (exact) mass is 256 g/mol. The Hall–Kier alpha value is -1.01. The second-order valence-electron chi connectivity index (χ2n) is 3.05. The Morgan fingerprint density at radius 1 is 1.44 bits per heavy atom. The van der Waals surface area contributed by atoms with Gasteiger partial charge >= 0.3 is 6.18 Å². The van der Waals surface area contributed by atoms with Gasteiger partial charge in [0.1, 0.15) is 5.75 Å².